The van der Waals surface area contributed by atoms with Gasteiger partial charge >= 0.3 is 11.9 Å². The standard InChI is InChI=1S/C49H99N2O6P.C2H6ClO2P/c1-7-11-14-17-22-29-37-46(10-4)56-48(52)40-32-25-20-27-34-43-51(45-36-42-50-58(6,54)55-5)44-35-28-21-26-33-41-49(53)57-47(38-30-23-18-15-12-8-2)39-31-24-19-16-13-9-3;1-5-6(2,3)4/h46-47H,7-45H2,1-6H3,(H,50,54);1-2H3. The lowest BCUT2D eigenvalue weighted by Crippen LogP contribution is -2.29. The second-order valence-electron chi connectivity index (χ2n) is 18.4. The lowest BCUT2D eigenvalue weighted by molar-refractivity contribution is -0.150. The number of unbranched alkanes of at least 4 members (excludes halogenated alkanes) is 23. The van der Waals surface area contributed by atoms with Crippen LogP contribution in [0.3, 0.4) is 0 Å². The second kappa shape index (κ2) is 47.6. The van der Waals surface area contributed by atoms with Crippen molar-refractivity contribution >= 4 is 37.4 Å². The molecule has 0 aromatic heterocycles. The van der Waals surface area contributed by atoms with Crippen LogP contribution >= 0.6 is 25.5 Å². The average molecular weight is 972 g/mol. The molecule has 0 heterocycles. The molecule has 1 N–H and O–H groups in total. The molecule has 3 atom stereocenters. The molecule has 0 aromatic carbocycles. The summed E-state index contributed by atoms with van der Waals surface area (Å²) >= 11 is 5.05. The van der Waals surface area contributed by atoms with Gasteiger partial charge in [-0.2, -0.15) is 0 Å². The van der Waals surface area contributed by atoms with Gasteiger partial charge in [0.15, 0.2) is 0 Å². The zero-order valence-corrected chi connectivity index (χ0v) is 45.8. The molecule has 0 aliphatic carbocycles. The highest BCUT2D eigenvalue weighted by atomic mass is 35.7. The molecule has 0 spiro atoms. The normalized spacial score (nSPS) is 13.9. The van der Waals surface area contributed by atoms with E-state index < -0.39 is 14.2 Å². The van der Waals surface area contributed by atoms with Crippen molar-refractivity contribution in [3.05, 3.63) is 0 Å². The molecule has 0 fully saturated rings. The number of carbonyl (C=O) groups excluding carboxylic acids is 2. The quantitative estimate of drug-likeness (QED) is 0.0358. The van der Waals surface area contributed by atoms with Crippen molar-refractivity contribution in [2.45, 2.75) is 265 Å². The molecular formula is C51H105ClN2O8P2. The first kappa shape index (κ1) is 65.6. The van der Waals surface area contributed by atoms with Gasteiger partial charge in [0.2, 0.25) is 0 Å². The smallest absolute Gasteiger partial charge is 0.306 e. The fraction of sp³-hybridized carbons (Fsp3) is 0.961. The van der Waals surface area contributed by atoms with Gasteiger partial charge in [-0.05, 0) is 108 Å². The first-order valence-electron chi connectivity index (χ1n) is 26.6. The average Bonchev–Trinajstić information content (AvgIpc) is 3.26. The Morgan fingerprint density at radius 2 is 0.812 bits per heavy atom. The largest absolute Gasteiger partial charge is 0.462 e. The Morgan fingerprint density at radius 3 is 1.19 bits per heavy atom. The van der Waals surface area contributed by atoms with Crippen LogP contribution in [0.4, 0.5) is 0 Å². The number of ether oxygens (including phenoxy) is 2. The molecular weight excluding hydrogens is 866 g/mol. The number of hydrogen-bond donors (Lipinski definition) is 1. The Morgan fingerprint density at radius 1 is 0.484 bits per heavy atom. The highest BCUT2D eigenvalue weighted by Gasteiger charge is 2.16. The maximum absolute atomic E-state index is 12.8. The Hall–Kier alpha value is -0.470. The van der Waals surface area contributed by atoms with E-state index in [9.17, 15) is 18.7 Å². The molecule has 0 radical (unpaired) electrons. The van der Waals surface area contributed by atoms with E-state index in [-0.39, 0.29) is 24.1 Å². The van der Waals surface area contributed by atoms with E-state index in [2.05, 4.69) is 42.2 Å². The van der Waals surface area contributed by atoms with E-state index in [1.54, 1.807) is 6.66 Å². The van der Waals surface area contributed by atoms with E-state index in [0.29, 0.717) is 19.4 Å². The summed E-state index contributed by atoms with van der Waals surface area (Å²) < 4.78 is 43.6. The summed E-state index contributed by atoms with van der Waals surface area (Å²) in [4.78, 5) is 27.9. The molecule has 64 heavy (non-hydrogen) atoms. The second-order valence-corrected chi connectivity index (χ2v) is 24.5. The first-order chi connectivity index (χ1) is 30.8. The summed E-state index contributed by atoms with van der Waals surface area (Å²) in [5, 5.41) is 3.08. The van der Waals surface area contributed by atoms with E-state index in [0.717, 1.165) is 110 Å². The molecule has 0 saturated carbocycles. The fourth-order valence-electron chi connectivity index (χ4n) is 7.81. The van der Waals surface area contributed by atoms with Crippen LogP contribution in [-0.2, 0) is 37.2 Å². The van der Waals surface area contributed by atoms with Crippen molar-refractivity contribution in [2.24, 2.45) is 0 Å². The lowest BCUT2D eigenvalue weighted by Gasteiger charge is -2.23. The molecule has 384 valence electrons. The van der Waals surface area contributed by atoms with Gasteiger partial charge in [0.1, 0.15) is 12.2 Å². The highest BCUT2D eigenvalue weighted by molar-refractivity contribution is 7.84. The van der Waals surface area contributed by atoms with Crippen LogP contribution in [0.5, 0.6) is 0 Å². The molecule has 0 aliphatic heterocycles. The molecule has 0 aliphatic rings. The number of esters is 2. The van der Waals surface area contributed by atoms with Gasteiger partial charge < -0.3 is 23.4 Å². The van der Waals surface area contributed by atoms with E-state index in [1.165, 1.54) is 143 Å². The van der Waals surface area contributed by atoms with Crippen LogP contribution in [0.2, 0.25) is 0 Å². The van der Waals surface area contributed by atoms with Crippen molar-refractivity contribution in [1.82, 2.24) is 9.99 Å². The Kier molecular flexibility index (Phi) is 48.8. The zero-order valence-electron chi connectivity index (χ0n) is 43.2. The number of hydrogen-bond acceptors (Lipinski definition) is 9. The Balaban J connectivity index is 0. The van der Waals surface area contributed by atoms with Gasteiger partial charge in [0.25, 0.3) is 14.2 Å². The molecule has 13 heteroatoms. The van der Waals surface area contributed by atoms with Gasteiger partial charge in [0.05, 0.1) is 0 Å². The maximum Gasteiger partial charge on any atom is 0.306 e. The molecule has 0 saturated heterocycles. The van der Waals surface area contributed by atoms with Gasteiger partial charge in [-0.1, -0.05) is 163 Å². The third kappa shape index (κ3) is 49.4. The number of nitrogens with one attached hydrogen (secondary N) is 1. The third-order valence-corrected chi connectivity index (χ3v) is 14.7. The topological polar surface area (TPSA) is 120 Å². The van der Waals surface area contributed by atoms with Crippen molar-refractivity contribution in [3.8, 4) is 0 Å². The van der Waals surface area contributed by atoms with E-state index >= 15 is 0 Å². The van der Waals surface area contributed by atoms with E-state index in [4.69, 9.17) is 25.2 Å². The van der Waals surface area contributed by atoms with Gasteiger partial charge in [-0.15, -0.1) is 0 Å². The minimum absolute atomic E-state index is 0.00992. The molecule has 0 rings (SSSR count). The summed E-state index contributed by atoms with van der Waals surface area (Å²) in [5.41, 5.74) is 0. The molecule has 0 aromatic rings. The van der Waals surface area contributed by atoms with Crippen LogP contribution in [0, 0.1) is 0 Å². The zero-order chi connectivity index (χ0) is 48.0. The predicted octanol–water partition coefficient (Wildman–Crippen LogP) is 16.6. The van der Waals surface area contributed by atoms with Crippen LogP contribution in [0.1, 0.15) is 252 Å². The summed E-state index contributed by atoms with van der Waals surface area (Å²) in [6.07, 6.45) is 40.0. The Bertz CT molecular complexity index is 1110. The highest BCUT2D eigenvalue weighted by Crippen LogP contribution is 2.46. The van der Waals surface area contributed by atoms with Crippen LogP contribution in [0.15, 0.2) is 0 Å². The third-order valence-electron chi connectivity index (χ3n) is 12.1. The van der Waals surface area contributed by atoms with Crippen molar-refractivity contribution < 1.29 is 37.2 Å². The molecule has 3 unspecified atom stereocenters. The fourth-order valence-corrected chi connectivity index (χ4v) is 8.50. The lowest BCUT2D eigenvalue weighted by atomic mass is 10.0. The summed E-state index contributed by atoms with van der Waals surface area (Å²) in [6, 6.07) is 0. The van der Waals surface area contributed by atoms with Crippen LogP contribution in [-0.4, -0.2) is 82.8 Å². The molecule has 0 bridgehead atoms. The minimum Gasteiger partial charge on any atom is -0.462 e. The number of carbonyl (C=O) groups is 2. The van der Waals surface area contributed by atoms with Crippen LogP contribution in [0.25, 0.3) is 0 Å². The van der Waals surface area contributed by atoms with Crippen LogP contribution < -0.4 is 5.09 Å². The first-order valence-corrected chi connectivity index (χ1v) is 31.6. The number of rotatable bonds is 47. The SMILES string of the molecule is CCCCCCCCC(CC)OC(=O)CCCCCCCN(CCCCCCCC(=O)OC(CCCCCCCC)CCCCCCCC)CCCNP(C)(=O)OC.COP(C)(=O)Cl. The monoisotopic (exact) mass is 971 g/mol. The van der Waals surface area contributed by atoms with Crippen molar-refractivity contribution in [1.29, 1.82) is 0 Å². The molecule has 0 amide bonds. The van der Waals surface area contributed by atoms with Gasteiger partial charge in [0, 0.05) is 46.9 Å². The van der Waals surface area contributed by atoms with E-state index in [1.807, 2.05) is 0 Å². The minimum atomic E-state index is -2.71. The maximum atomic E-state index is 12.8. The molecule has 10 nitrogen and oxygen atoms in total. The summed E-state index contributed by atoms with van der Waals surface area (Å²) in [6.45, 7) is 13.0. The Labute approximate surface area is 401 Å². The number of halogens is 1. The van der Waals surface area contributed by atoms with Gasteiger partial charge in [-0.3, -0.25) is 18.7 Å². The summed E-state index contributed by atoms with van der Waals surface area (Å²) in [7, 11) is 0.104. The van der Waals surface area contributed by atoms with Crippen molar-refractivity contribution in [2.75, 3.05) is 53.7 Å². The predicted molar refractivity (Wildman–Crippen MR) is 275 cm³/mol. The van der Waals surface area contributed by atoms with Crippen molar-refractivity contribution in [3.63, 3.8) is 0 Å². The summed E-state index contributed by atoms with van der Waals surface area (Å²) in [5.74, 6) is -0.00962. The van der Waals surface area contributed by atoms with Gasteiger partial charge in [-0.25, -0.2) is 5.09 Å². The number of nitrogens with zero attached hydrogens (tertiary/aromatic N) is 1.